The number of ether oxygens (including phenoxy) is 3. The Morgan fingerprint density at radius 2 is 1.79 bits per heavy atom. The van der Waals surface area contributed by atoms with E-state index in [9.17, 15) is 4.79 Å². The molecule has 172 valence electrons. The average Bonchev–Trinajstić information content (AvgIpc) is 3.34. The Labute approximate surface area is 202 Å². The van der Waals surface area contributed by atoms with Crippen molar-refractivity contribution in [3.8, 4) is 28.5 Å². The number of hydrogen-bond donors (Lipinski definition) is 0. The van der Waals surface area contributed by atoms with Gasteiger partial charge in [0.2, 0.25) is 5.91 Å². The van der Waals surface area contributed by atoms with Gasteiger partial charge in [-0.05, 0) is 36.8 Å². The highest BCUT2D eigenvalue weighted by molar-refractivity contribution is 7.14. The summed E-state index contributed by atoms with van der Waals surface area (Å²) in [4.78, 5) is 20.2. The number of nitrogens with zero attached hydrogens (tertiary/aromatic N) is 2. The van der Waals surface area contributed by atoms with Crippen LogP contribution in [0.2, 0.25) is 0 Å². The van der Waals surface area contributed by atoms with Gasteiger partial charge in [-0.1, -0.05) is 48.0 Å². The number of carbonyl (C=O) groups is 1. The summed E-state index contributed by atoms with van der Waals surface area (Å²) in [5.41, 5.74) is 4.51. The largest absolute Gasteiger partial charge is 0.495 e. The second-order valence-electron chi connectivity index (χ2n) is 7.94. The van der Waals surface area contributed by atoms with Crippen LogP contribution in [0, 0.1) is 6.92 Å². The molecule has 0 atom stereocenters. The average molecular weight is 473 g/mol. The number of hydrogen-bond acceptors (Lipinski definition) is 6. The molecular formula is C27H24N2O4S. The van der Waals surface area contributed by atoms with Crippen LogP contribution < -0.4 is 19.1 Å². The summed E-state index contributed by atoms with van der Waals surface area (Å²) in [6.45, 7) is 3.08. The summed E-state index contributed by atoms with van der Waals surface area (Å²) < 4.78 is 16.9. The number of aromatic nitrogens is 1. The van der Waals surface area contributed by atoms with Crippen LogP contribution in [0.15, 0.2) is 72.1 Å². The van der Waals surface area contributed by atoms with Gasteiger partial charge < -0.3 is 14.2 Å². The summed E-state index contributed by atoms with van der Waals surface area (Å²) in [5, 5.41) is 2.56. The standard InChI is InChI=1S/C27H24N2O4S/c1-18-7-10-20(11-8-18)21-17-34-27(28-21)29(22-5-3-4-6-23(22)31-2)26(30)16-19-9-12-24-25(15-19)33-14-13-32-24/h3-12,15,17H,13-14,16H2,1-2H3. The second-order valence-corrected chi connectivity index (χ2v) is 8.77. The van der Waals surface area contributed by atoms with E-state index in [-0.39, 0.29) is 12.3 Å². The third-order valence-corrected chi connectivity index (χ3v) is 6.39. The summed E-state index contributed by atoms with van der Waals surface area (Å²) in [6.07, 6.45) is 0.175. The number of anilines is 2. The lowest BCUT2D eigenvalue weighted by Crippen LogP contribution is -2.28. The SMILES string of the molecule is COc1ccccc1N(C(=O)Cc1ccc2c(c1)OCCO2)c1nc(-c2ccc(C)cc2)cs1. The lowest BCUT2D eigenvalue weighted by Gasteiger charge is -2.23. The number of benzene rings is 3. The Balaban J connectivity index is 1.50. The molecule has 0 unspecified atom stereocenters. The molecule has 3 aromatic carbocycles. The van der Waals surface area contributed by atoms with Crippen LogP contribution in [0.4, 0.5) is 10.8 Å². The fourth-order valence-corrected chi connectivity index (χ4v) is 4.70. The van der Waals surface area contributed by atoms with Crippen molar-refractivity contribution in [1.29, 1.82) is 0 Å². The van der Waals surface area contributed by atoms with E-state index in [1.54, 1.807) is 12.0 Å². The molecule has 0 saturated heterocycles. The van der Waals surface area contributed by atoms with Crippen molar-refractivity contribution < 1.29 is 19.0 Å². The van der Waals surface area contributed by atoms with E-state index in [4.69, 9.17) is 19.2 Å². The molecule has 0 spiro atoms. The van der Waals surface area contributed by atoms with E-state index >= 15 is 0 Å². The first-order chi connectivity index (χ1) is 16.6. The number of fused-ring (bicyclic) bond motifs is 1. The topological polar surface area (TPSA) is 60.9 Å². The number of amides is 1. The molecule has 1 aliphatic heterocycles. The predicted molar refractivity (Wildman–Crippen MR) is 134 cm³/mol. The van der Waals surface area contributed by atoms with Crippen molar-refractivity contribution in [2.75, 3.05) is 25.2 Å². The number of methoxy groups -OCH3 is 1. The predicted octanol–water partition coefficient (Wildman–Crippen LogP) is 5.81. The molecule has 5 rings (SSSR count). The number of aryl methyl sites for hydroxylation is 1. The van der Waals surface area contributed by atoms with Crippen LogP contribution in [0.3, 0.4) is 0 Å². The molecule has 6 nitrogen and oxygen atoms in total. The fraction of sp³-hybridized carbons (Fsp3) is 0.185. The minimum atomic E-state index is -0.119. The van der Waals surface area contributed by atoms with Gasteiger partial charge in [0.1, 0.15) is 19.0 Å². The number of carbonyl (C=O) groups excluding carboxylic acids is 1. The Kier molecular flexibility index (Phi) is 6.18. The zero-order valence-electron chi connectivity index (χ0n) is 19.0. The molecule has 0 saturated carbocycles. The van der Waals surface area contributed by atoms with E-state index in [0.29, 0.717) is 41.3 Å². The highest BCUT2D eigenvalue weighted by atomic mass is 32.1. The third kappa shape index (κ3) is 4.47. The first-order valence-corrected chi connectivity index (χ1v) is 11.9. The third-order valence-electron chi connectivity index (χ3n) is 5.57. The molecule has 1 aromatic heterocycles. The van der Waals surface area contributed by atoms with Crippen molar-refractivity contribution >= 4 is 28.1 Å². The maximum absolute atomic E-state index is 13.7. The second kappa shape index (κ2) is 9.57. The van der Waals surface area contributed by atoms with Gasteiger partial charge in [-0.25, -0.2) is 4.98 Å². The van der Waals surface area contributed by atoms with Crippen LogP contribution in [-0.2, 0) is 11.2 Å². The van der Waals surface area contributed by atoms with Gasteiger partial charge in [-0.2, -0.15) is 0 Å². The van der Waals surface area contributed by atoms with E-state index in [1.165, 1.54) is 16.9 Å². The number of para-hydroxylation sites is 2. The van der Waals surface area contributed by atoms with Crippen LogP contribution in [0.5, 0.6) is 17.2 Å². The quantitative estimate of drug-likeness (QED) is 0.355. The fourth-order valence-electron chi connectivity index (χ4n) is 3.83. The van der Waals surface area contributed by atoms with E-state index in [2.05, 4.69) is 19.1 Å². The summed E-state index contributed by atoms with van der Waals surface area (Å²) in [5.74, 6) is 1.85. The van der Waals surface area contributed by atoms with E-state index < -0.39 is 0 Å². The van der Waals surface area contributed by atoms with Gasteiger partial charge >= 0.3 is 0 Å². The molecule has 4 aromatic rings. The highest BCUT2D eigenvalue weighted by Gasteiger charge is 2.25. The Bertz CT molecular complexity index is 1320. The molecule has 0 bridgehead atoms. The zero-order valence-corrected chi connectivity index (χ0v) is 19.8. The van der Waals surface area contributed by atoms with Gasteiger partial charge in [0.15, 0.2) is 16.6 Å². The molecule has 0 fully saturated rings. The number of rotatable bonds is 6. The molecule has 0 aliphatic carbocycles. The lowest BCUT2D eigenvalue weighted by atomic mass is 10.1. The summed E-state index contributed by atoms with van der Waals surface area (Å²) >= 11 is 1.43. The smallest absolute Gasteiger partial charge is 0.237 e. The Hall–Kier alpha value is -3.84. The Morgan fingerprint density at radius 1 is 1.03 bits per heavy atom. The van der Waals surface area contributed by atoms with E-state index in [0.717, 1.165) is 16.8 Å². The summed E-state index contributed by atoms with van der Waals surface area (Å²) in [6, 6.07) is 21.3. The van der Waals surface area contributed by atoms with Gasteiger partial charge in [-0.15, -0.1) is 11.3 Å². The number of thiazole rings is 1. The van der Waals surface area contributed by atoms with E-state index in [1.807, 2.05) is 60.0 Å². The molecule has 7 heteroatoms. The first-order valence-electron chi connectivity index (χ1n) is 11.0. The van der Waals surface area contributed by atoms with Crippen LogP contribution >= 0.6 is 11.3 Å². The maximum atomic E-state index is 13.7. The van der Waals surface area contributed by atoms with Gasteiger partial charge in [-0.3, -0.25) is 9.69 Å². The lowest BCUT2D eigenvalue weighted by molar-refractivity contribution is -0.117. The van der Waals surface area contributed by atoms with Crippen LogP contribution in [0.25, 0.3) is 11.3 Å². The van der Waals surface area contributed by atoms with Crippen molar-refractivity contribution in [1.82, 2.24) is 4.98 Å². The van der Waals surface area contributed by atoms with Crippen molar-refractivity contribution in [3.63, 3.8) is 0 Å². The van der Waals surface area contributed by atoms with Gasteiger partial charge in [0.05, 0.1) is 24.9 Å². The highest BCUT2D eigenvalue weighted by Crippen LogP contribution is 2.38. The maximum Gasteiger partial charge on any atom is 0.237 e. The first kappa shape index (κ1) is 22.0. The van der Waals surface area contributed by atoms with Crippen molar-refractivity contribution in [2.45, 2.75) is 13.3 Å². The normalized spacial score (nSPS) is 12.3. The molecule has 1 aliphatic rings. The minimum absolute atomic E-state index is 0.119. The monoisotopic (exact) mass is 472 g/mol. The zero-order chi connectivity index (χ0) is 23.5. The van der Waals surface area contributed by atoms with Crippen molar-refractivity contribution in [2.24, 2.45) is 0 Å². The molecule has 0 N–H and O–H groups in total. The molecule has 1 amide bonds. The molecule has 34 heavy (non-hydrogen) atoms. The van der Waals surface area contributed by atoms with Crippen molar-refractivity contribution in [3.05, 3.63) is 83.2 Å². The summed E-state index contributed by atoms with van der Waals surface area (Å²) in [7, 11) is 1.60. The Morgan fingerprint density at radius 3 is 2.59 bits per heavy atom. The molecule has 0 radical (unpaired) electrons. The molecule has 2 heterocycles. The minimum Gasteiger partial charge on any atom is -0.495 e. The van der Waals surface area contributed by atoms with Gasteiger partial charge in [0.25, 0.3) is 0 Å². The van der Waals surface area contributed by atoms with Gasteiger partial charge in [0, 0.05) is 10.9 Å². The molecular weight excluding hydrogens is 448 g/mol. The van der Waals surface area contributed by atoms with Crippen LogP contribution in [0.1, 0.15) is 11.1 Å². The van der Waals surface area contributed by atoms with Crippen LogP contribution in [-0.4, -0.2) is 31.2 Å².